The van der Waals surface area contributed by atoms with E-state index in [-0.39, 0.29) is 5.25 Å². The fourth-order valence-electron chi connectivity index (χ4n) is 4.11. The second-order valence-electron chi connectivity index (χ2n) is 9.05. The fourth-order valence-corrected chi connectivity index (χ4v) is 7.09. The van der Waals surface area contributed by atoms with E-state index in [0.717, 1.165) is 42.3 Å². The van der Waals surface area contributed by atoms with Gasteiger partial charge in [-0.05, 0) is 54.7 Å². The molecule has 3 atom stereocenters. The summed E-state index contributed by atoms with van der Waals surface area (Å²) < 4.78 is 24.2. The summed E-state index contributed by atoms with van der Waals surface area (Å²) >= 11 is 5.40. The lowest BCUT2D eigenvalue weighted by atomic mass is 10.1. The first kappa shape index (κ1) is 27.6. The van der Waals surface area contributed by atoms with Crippen molar-refractivity contribution in [2.24, 2.45) is 5.73 Å². The largest absolute Gasteiger partial charge is 0.454 e. The summed E-state index contributed by atoms with van der Waals surface area (Å²) in [5.74, 6) is 3.50. The Morgan fingerprint density at radius 3 is 2.71 bits per heavy atom. The Labute approximate surface area is 220 Å². The van der Waals surface area contributed by atoms with Crippen LogP contribution in [0.5, 0.6) is 11.5 Å². The molecule has 4 nitrogen and oxygen atoms in total. The molecule has 0 saturated carbocycles. The van der Waals surface area contributed by atoms with E-state index in [0.29, 0.717) is 12.8 Å². The maximum atomic E-state index is 12.3. The zero-order chi connectivity index (χ0) is 24.3. The summed E-state index contributed by atoms with van der Waals surface area (Å²) in [6, 6.07) is 12.6. The molecule has 2 N–H and O–H groups in total. The number of rotatable bonds is 10. The molecule has 7 heteroatoms. The highest BCUT2D eigenvalue weighted by molar-refractivity contribution is 9.10. The molecule has 0 fully saturated rings. The Kier molecular flexibility index (Phi) is 11.8. The smallest absolute Gasteiger partial charge is 0.231 e. The average molecular weight is 569 g/mol. The van der Waals surface area contributed by atoms with Crippen LogP contribution in [0, 0.1) is 0 Å². The van der Waals surface area contributed by atoms with Crippen LogP contribution in [-0.2, 0) is 23.6 Å². The molecule has 0 aromatic heterocycles. The van der Waals surface area contributed by atoms with Gasteiger partial charge in [0.25, 0.3) is 0 Å². The van der Waals surface area contributed by atoms with Gasteiger partial charge in [0.2, 0.25) is 6.79 Å². The zero-order valence-corrected chi connectivity index (χ0v) is 23.6. The second-order valence-corrected chi connectivity index (χ2v) is 12.9. The van der Waals surface area contributed by atoms with Gasteiger partial charge in [-0.15, -0.1) is 11.8 Å². The molecule has 0 saturated heterocycles. The molecule has 0 spiro atoms. The van der Waals surface area contributed by atoms with Crippen molar-refractivity contribution < 1.29 is 13.7 Å². The third-order valence-electron chi connectivity index (χ3n) is 6.10. The van der Waals surface area contributed by atoms with E-state index >= 15 is 0 Å². The third-order valence-corrected chi connectivity index (χ3v) is 9.89. The van der Waals surface area contributed by atoms with Gasteiger partial charge in [0.05, 0.1) is 0 Å². The molecule has 2 aliphatic heterocycles. The highest BCUT2D eigenvalue weighted by Gasteiger charge is 2.18. The number of halogens is 1. The lowest BCUT2D eigenvalue weighted by Gasteiger charge is -2.21. The van der Waals surface area contributed by atoms with Crippen molar-refractivity contribution in [3.8, 4) is 11.5 Å². The van der Waals surface area contributed by atoms with Gasteiger partial charge in [0.1, 0.15) is 0 Å². The van der Waals surface area contributed by atoms with Gasteiger partial charge in [-0.25, -0.2) is 0 Å². The molecule has 188 valence electrons. The van der Waals surface area contributed by atoms with Gasteiger partial charge >= 0.3 is 0 Å². The van der Waals surface area contributed by atoms with Crippen molar-refractivity contribution in [2.45, 2.75) is 81.4 Å². The maximum absolute atomic E-state index is 12.3. The summed E-state index contributed by atoms with van der Waals surface area (Å²) in [4.78, 5) is 1.38. The molecule has 34 heavy (non-hydrogen) atoms. The minimum absolute atomic E-state index is 0.191. The lowest BCUT2D eigenvalue weighted by Crippen LogP contribution is -2.28. The quantitative estimate of drug-likeness (QED) is 0.317. The van der Waals surface area contributed by atoms with Crippen LogP contribution >= 0.6 is 27.7 Å². The van der Waals surface area contributed by atoms with Crippen molar-refractivity contribution in [1.82, 2.24) is 0 Å². The molecule has 3 unspecified atom stereocenters. The van der Waals surface area contributed by atoms with Crippen molar-refractivity contribution in [2.75, 3.05) is 18.3 Å². The monoisotopic (exact) mass is 567 g/mol. The summed E-state index contributed by atoms with van der Waals surface area (Å²) in [5, 5.41) is 0.191. The summed E-state index contributed by atoms with van der Waals surface area (Å²) in [7, 11) is -0.743. The lowest BCUT2D eigenvalue weighted by molar-refractivity contribution is 0.174. The zero-order valence-electron chi connectivity index (χ0n) is 20.4. The second kappa shape index (κ2) is 14.5. The average Bonchev–Trinajstić information content (AvgIpc) is 3.30. The standard InChI is InChI=1S/C18H28O3S.C9H10BrNS/c1-3-4-5-6-7-8-11-22(19)15(2)12-16-9-10-17-18(13-16)21-14-20-17;10-8-2-1-3-9-7(8)4-6(11)5-12-9/h9-10,13,15H,3-8,11-12,14H2,1-2H3;1-3,6H,4-5,11H2. The number of ether oxygens (including phenoxy) is 2. The molecule has 0 amide bonds. The number of fused-ring (bicyclic) bond motifs is 2. The van der Waals surface area contributed by atoms with Crippen LogP contribution in [0.1, 0.15) is 63.5 Å². The molecular formula is C27H38BrNO3S2. The van der Waals surface area contributed by atoms with Crippen LogP contribution in [-0.4, -0.2) is 33.8 Å². The van der Waals surface area contributed by atoms with Crippen molar-refractivity contribution in [1.29, 1.82) is 0 Å². The molecular weight excluding hydrogens is 530 g/mol. The first-order valence-electron chi connectivity index (χ1n) is 12.4. The topological polar surface area (TPSA) is 61.5 Å². The van der Waals surface area contributed by atoms with Gasteiger partial charge < -0.3 is 15.2 Å². The maximum Gasteiger partial charge on any atom is 0.231 e. The number of benzene rings is 2. The van der Waals surface area contributed by atoms with Crippen LogP contribution in [0.2, 0.25) is 0 Å². The number of hydrogen-bond acceptors (Lipinski definition) is 5. The molecule has 2 aliphatic rings. The Hall–Kier alpha value is -1.02. The molecule has 4 rings (SSSR count). The van der Waals surface area contributed by atoms with Gasteiger partial charge in [0, 0.05) is 43.0 Å². The predicted octanol–water partition coefficient (Wildman–Crippen LogP) is 6.88. The van der Waals surface area contributed by atoms with E-state index in [1.165, 1.54) is 52.6 Å². The number of thioether (sulfide) groups is 1. The Balaban J connectivity index is 0.000000226. The van der Waals surface area contributed by atoms with E-state index in [1.54, 1.807) is 0 Å². The summed E-state index contributed by atoms with van der Waals surface area (Å²) in [6.45, 7) is 4.61. The molecule has 2 aromatic carbocycles. The van der Waals surface area contributed by atoms with Gasteiger partial charge in [0.15, 0.2) is 11.5 Å². The summed E-state index contributed by atoms with van der Waals surface area (Å²) in [6.07, 6.45) is 9.33. The first-order chi connectivity index (χ1) is 16.5. The molecule has 2 aromatic rings. The number of nitrogens with two attached hydrogens (primary N) is 1. The fraction of sp³-hybridized carbons (Fsp3) is 0.556. The third kappa shape index (κ3) is 8.58. The molecule has 0 bridgehead atoms. The van der Waals surface area contributed by atoms with E-state index in [1.807, 2.05) is 30.0 Å². The van der Waals surface area contributed by atoms with Crippen molar-refractivity contribution in [3.63, 3.8) is 0 Å². The molecule has 0 radical (unpaired) electrons. The number of unbranched alkanes of at least 4 members (excludes halogenated alkanes) is 5. The van der Waals surface area contributed by atoms with E-state index in [9.17, 15) is 4.21 Å². The Morgan fingerprint density at radius 2 is 1.88 bits per heavy atom. The predicted molar refractivity (Wildman–Crippen MR) is 149 cm³/mol. The van der Waals surface area contributed by atoms with Gasteiger partial charge in [-0.2, -0.15) is 0 Å². The van der Waals surface area contributed by atoms with Crippen molar-refractivity contribution >= 4 is 38.5 Å². The summed E-state index contributed by atoms with van der Waals surface area (Å²) in [5.41, 5.74) is 8.43. The van der Waals surface area contributed by atoms with Gasteiger partial charge in [-0.3, -0.25) is 4.21 Å². The van der Waals surface area contributed by atoms with Crippen LogP contribution in [0.3, 0.4) is 0 Å². The van der Waals surface area contributed by atoms with E-state index in [2.05, 4.69) is 48.0 Å². The highest BCUT2D eigenvalue weighted by atomic mass is 79.9. The van der Waals surface area contributed by atoms with E-state index in [4.69, 9.17) is 15.2 Å². The Bertz CT molecular complexity index is 940. The SMILES string of the molecule is CCCCCCCCS(=O)C(C)Cc1ccc2c(c1)OCO2.NC1CSc2cccc(Br)c2C1. The van der Waals surface area contributed by atoms with E-state index < -0.39 is 10.8 Å². The molecule has 0 aliphatic carbocycles. The number of hydrogen-bond donors (Lipinski definition) is 1. The highest BCUT2D eigenvalue weighted by Crippen LogP contribution is 2.34. The molecule has 2 heterocycles. The Morgan fingerprint density at radius 1 is 1.12 bits per heavy atom. The van der Waals surface area contributed by atoms with Crippen molar-refractivity contribution in [3.05, 3.63) is 52.0 Å². The minimum Gasteiger partial charge on any atom is -0.454 e. The minimum atomic E-state index is -0.743. The van der Waals surface area contributed by atoms with Crippen LogP contribution in [0.4, 0.5) is 0 Å². The van der Waals surface area contributed by atoms with Crippen LogP contribution < -0.4 is 15.2 Å². The van der Waals surface area contributed by atoms with Gasteiger partial charge in [-0.1, -0.05) is 74.0 Å². The van der Waals surface area contributed by atoms with Crippen LogP contribution in [0.25, 0.3) is 0 Å². The first-order valence-corrected chi connectivity index (χ1v) is 15.6. The normalized spacial score (nSPS) is 17.9. The van der Waals surface area contributed by atoms with Crippen LogP contribution in [0.15, 0.2) is 45.8 Å².